The van der Waals surface area contributed by atoms with Gasteiger partial charge >= 0.3 is 5.97 Å². The Morgan fingerprint density at radius 2 is 0.479 bits per heavy atom. The molecular weight excluding hydrogens is 1230 g/mol. The number of unbranched alkanes of at least 4 members (excludes halogenated alkanes) is 2. The summed E-state index contributed by atoms with van der Waals surface area (Å²) in [5.74, 6) is -11.1. The van der Waals surface area contributed by atoms with Crippen molar-refractivity contribution in [2.75, 3.05) is 52.4 Å². The largest absolute Gasteiger partial charge is 0.480 e. The summed E-state index contributed by atoms with van der Waals surface area (Å²) in [5, 5.41) is 30.6. The number of nitrogens with two attached hydrogens (primary N) is 16. The van der Waals surface area contributed by atoms with E-state index >= 15 is 0 Å². The number of nitrogens with zero attached hydrogens (tertiary/aromatic N) is 6. The number of nitrogens with one attached hydrogen (secondary N) is 8. The van der Waals surface area contributed by atoms with Gasteiger partial charge in [-0.3, -0.25) is 73.1 Å². The summed E-state index contributed by atoms with van der Waals surface area (Å²) < 4.78 is 0. The van der Waals surface area contributed by atoms with Crippen molar-refractivity contribution in [3.8, 4) is 0 Å². The van der Waals surface area contributed by atoms with E-state index in [4.69, 9.17) is 91.7 Å². The number of carbonyl (C=O) groups excluding carboxylic acids is 9. The number of hydrogen-bond acceptors (Lipinski definition) is 19. The normalized spacial score (nSPS) is 13.6. The van der Waals surface area contributed by atoms with Gasteiger partial charge in [0, 0.05) is 45.7 Å². The molecule has 41 heteroatoms. The second kappa shape index (κ2) is 48.9. The molecule has 41 nitrogen and oxygen atoms in total. The first-order valence-electron chi connectivity index (χ1n) is 30.8. The highest BCUT2D eigenvalue weighted by Crippen LogP contribution is 2.12. The SMILES string of the molecule is NCCCC[C@H](NC(=O)[C@H](CCCCN)NC(=O)[C@@H](N)CCCN=C(N)N)C(=O)N[C@@H](CCCN=C(N)N)C(=O)N[C@@H](CCCN=C(N)N)C(=O)N[C@@H](CCCN=C(N)N)C(=O)N[C@@H](CCCN=C(N)N)C(=O)N[C@@H](CCC(N)=O)C(=O)N[C@@H](CCCN=C(N)N)C(=O)O. The lowest BCUT2D eigenvalue weighted by Crippen LogP contribution is -2.60. The number of aliphatic imine (C=N–C) groups is 6. The van der Waals surface area contributed by atoms with E-state index in [-0.39, 0.29) is 172 Å². The van der Waals surface area contributed by atoms with E-state index in [2.05, 4.69) is 72.5 Å². The predicted molar refractivity (Wildman–Crippen MR) is 355 cm³/mol. The Kier molecular flexibility index (Phi) is 43.8. The van der Waals surface area contributed by atoms with Crippen LogP contribution in [0.1, 0.15) is 128 Å². The van der Waals surface area contributed by atoms with Crippen molar-refractivity contribution in [1.82, 2.24) is 42.5 Å². The number of rotatable bonds is 52. The number of carboxylic acids is 1. The van der Waals surface area contributed by atoms with E-state index in [1.54, 1.807) is 0 Å². The number of primary amides is 1. The summed E-state index contributed by atoms with van der Waals surface area (Å²) in [5.41, 5.74) is 89.1. The average Bonchev–Trinajstić information content (AvgIpc) is 0.945. The molecule has 0 heterocycles. The lowest BCUT2D eigenvalue weighted by molar-refractivity contribution is -0.142. The first-order chi connectivity index (χ1) is 44.4. The quantitative estimate of drug-likeness (QED) is 0.0153. The molecule has 0 rings (SSSR count). The topological polar surface area (TPSA) is 778 Å². The van der Waals surface area contributed by atoms with Gasteiger partial charge in [0.25, 0.3) is 0 Å². The van der Waals surface area contributed by atoms with Crippen molar-refractivity contribution in [2.24, 2.45) is 122 Å². The Labute approximate surface area is 545 Å². The van der Waals surface area contributed by atoms with Gasteiger partial charge in [0.1, 0.15) is 48.3 Å². The fraction of sp³-hybridized carbons (Fsp3) is 0.698. The smallest absolute Gasteiger partial charge is 0.326 e. The molecule has 0 spiro atoms. The fourth-order valence-electron chi connectivity index (χ4n) is 8.76. The summed E-state index contributed by atoms with van der Waals surface area (Å²) in [7, 11) is 0. The Balaban J connectivity index is 7.52. The first kappa shape index (κ1) is 84.2. The number of carboxylic acid groups (broad SMARTS) is 1. The molecule has 0 bridgehead atoms. The van der Waals surface area contributed by atoms with Gasteiger partial charge in [-0.1, -0.05) is 0 Å². The molecule has 9 amide bonds. The van der Waals surface area contributed by atoms with E-state index in [1.807, 2.05) is 0 Å². The fourth-order valence-corrected chi connectivity index (χ4v) is 8.76. The predicted octanol–water partition coefficient (Wildman–Crippen LogP) is -10.9. The molecule has 0 aliphatic carbocycles. The zero-order valence-corrected chi connectivity index (χ0v) is 53.4. The monoisotopic (exact) mass is 1340 g/mol. The second-order valence-corrected chi connectivity index (χ2v) is 21.7. The summed E-state index contributed by atoms with van der Waals surface area (Å²) in [4.78, 5) is 162. The zero-order valence-electron chi connectivity index (χ0n) is 53.4. The Morgan fingerprint density at radius 3 is 0.702 bits per heavy atom. The van der Waals surface area contributed by atoms with Gasteiger partial charge in [-0.25, -0.2) is 4.79 Å². The van der Waals surface area contributed by atoms with Crippen LogP contribution in [0.25, 0.3) is 0 Å². The maximum atomic E-state index is 14.7. The maximum Gasteiger partial charge on any atom is 0.326 e. The van der Waals surface area contributed by atoms with Crippen LogP contribution in [0.2, 0.25) is 0 Å². The third-order valence-electron chi connectivity index (χ3n) is 13.6. The minimum atomic E-state index is -1.61. The molecule has 94 heavy (non-hydrogen) atoms. The molecular formula is C53H106N30O11. The third kappa shape index (κ3) is 40.8. The highest BCUT2D eigenvalue weighted by Gasteiger charge is 2.35. The van der Waals surface area contributed by atoms with Crippen LogP contribution in [-0.2, 0) is 47.9 Å². The molecule has 0 aromatic rings. The summed E-state index contributed by atoms with van der Waals surface area (Å²) >= 11 is 0. The van der Waals surface area contributed by atoms with E-state index in [0.29, 0.717) is 32.1 Å². The molecule has 0 aliphatic rings. The van der Waals surface area contributed by atoms with Crippen molar-refractivity contribution in [1.29, 1.82) is 0 Å². The van der Waals surface area contributed by atoms with Crippen LogP contribution >= 0.6 is 0 Å². The standard InChI is InChI=1S/C53H106N30O11/c54-21-3-1-12-30(76-39(85)29(56)11-5-23-70-48(58)59)40(86)77-31(13-2-4-22-55)41(87)78-32(14-6-24-71-49(60)61)42(88)79-33(15-7-25-72-50(62)63)43(89)80-34(16-8-26-73-51(64)65)44(90)81-35(17-9-27-74-52(66)67)45(91)82-36(19-20-38(57)84)46(92)83-37(47(93)94)18-10-28-75-53(68)69/h29-37H,1-28,54-56H2,(H2,57,84)(H,76,85)(H,77,86)(H,78,87)(H,79,88)(H,80,89)(H,81,90)(H,82,91)(H,83,92)(H,93,94)(H4,58,59,70)(H4,60,61,71)(H4,62,63,72)(H4,64,65,73)(H4,66,67,74)(H4,68,69,75)/t29-,30-,31-,32-,33-,34-,35-,36-,37-/m0/s1. The Morgan fingerprint density at radius 1 is 0.277 bits per heavy atom. The zero-order chi connectivity index (χ0) is 71.1. The van der Waals surface area contributed by atoms with Crippen LogP contribution in [0.4, 0.5) is 0 Å². The minimum absolute atomic E-state index is 0.00813. The Hall–Kier alpha value is -9.80. The number of guanidine groups is 6. The van der Waals surface area contributed by atoms with Crippen molar-refractivity contribution < 1.29 is 53.1 Å². The molecule has 0 aliphatic heterocycles. The molecule has 0 aromatic carbocycles. The van der Waals surface area contributed by atoms with Crippen molar-refractivity contribution in [2.45, 2.75) is 183 Å². The van der Waals surface area contributed by atoms with E-state index in [1.165, 1.54) is 0 Å². The first-order valence-corrected chi connectivity index (χ1v) is 30.8. The summed E-state index contributed by atoms with van der Waals surface area (Å²) in [6, 6.07) is -12.8. The average molecular weight is 1340 g/mol. The third-order valence-corrected chi connectivity index (χ3v) is 13.6. The highest BCUT2D eigenvalue weighted by molar-refractivity contribution is 5.98. The van der Waals surface area contributed by atoms with Gasteiger partial charge in [-0.15, -0.1) is 0 Å². The lowest BCUT2D eigenvalue weighted by atomic mass is 10.0. The lowest BCUT2D eigenvalue weighted by Gasteiger charge is -2.28. The van der Waals surface area contributed by atoms with Gasteiger partial charge < -0.3 is 139 Å². The van der Waals surface area contributed by atoms with Crippen molar-refractivity contribution in [3.63, 3.8) is 0 Å². The summed E-state index contributed by atoms with van der Waals surface area (Å²) in [6.07, 6.45) is 0.653. The summed E-state index contributed by atoms with van der Waals surface area (Å²) in [6.45, 7) is 0.507. The van der Waals surface area contributed by atoms with Crippen LogP contribution in [0, 0.1) is 0 Å². The second-order valence-electron chi connectivity index (χ2n) is 21.7. The number of carbonyl (C=O) groups is 10. The van der Waals surface area contributed by atoms with Gasteiger partial charge in [0.05, 0.1) is 6.04 Å². The molecule has 0 fully saturated rings. The minimum Gasteiger partial charge on any atom is -0.480 e. The van der Waals surface area contributed by atoms with Crippen LogP contribution in [0.5, 0.6) is 0 Å². The highest BCUT2D eigenvalue weighted by atomic mass is 16.4. The van der Waals surface area contributed by atoms with Gasteiger partial charge in [-0.2, -0.15) is 0 Å². The number of aliphatic carboxylic acids is 1. The molecule has 0 saturated carbocycles. The van der Waals surface area contributed by atoms with Crippen molar-refractivity contribution >= 4 is 94.9 Å². The van der Waals surface area contributed by atoms with E-state index in [9.17, 15) is 53.1 Å². The van der Waals surface area contributed by atoms with Crippen LogP contribution < -0.4 is 134 Å². The molecule has 0 aromatic heterocycles. The van der Waals surface area contributed by atoms with Crippen LogP contribution in [0.3, 0.4) is 0 Å². The van der Waals surface area contributed by atoms with Gasteiger partial charge in [0.15, 0.2) is 35.8 Å². The molecule has 534 valence electrons. The van der Waals surface area contributed by atoms with Crippen LogP contribution in [0.15, 0.2) is 30.0 Å². The molecule has 41 N–H and O–H groups in total. The van der Waals surface area contributed by atoms with E-state index < -0.39 is 126 Å². The van der Waals surface area contributed by atoms with Crippen molar-refractivity contribution in [3.05, 3.63) is 0 Å². The molecule has 0 unspecified atom stereocenters. The van der Waals surface area contributed by atoms with Crippen LogP contribution in [-0.4, -0.2) is 207 Å². The van der Waals surface area contributed by atoms with Gasteiger partial charge in [-0.05, 0) is 135 Å². The number of hydrogen-bond donors (Lipinski definition) is 25. The molecule has 9 atom stereocenters. The van der Waals surface area contributed by atoms with Gasteiger partial charge in [0.2, 0.25) is 53.2 Å². The molecule has 0 saturated heterocycles. The molecule has 0 radical (unpaired) electrons. The number of amides is 9. The van der Waals surface area contributed by atoms with E-state index in [0.717, 1.165) is 0 Å². The Bertz CT molecular complexity index is 2560. The maximum absolute atomic E-state index is 14.7.